The third-order valence-electron chi connectivity index (χ3n) is 1.22. The number of nitrogens with one attached hydrogen (secondary N) is 1. The van der Waals surface area contributed by atoms with E-state index in [4.69, 9.17) is 4.74 Å². The molecule has 0 saturated carbocycles. The summed E-state index contributed by atoms with van der Waals surface area (Å²) < 4.78 is 4.97. The fourth-order valence-electron chi connectivity index (χ4n) is 0.463. The zero-order valence-corrected chi connectivity index (χ0v) is 6.56. The topological polar surface area (TPSA) is 21.3 Å². The van der Waals surface area contributed by atoms with Gasteiger partial charge in [0.25, 0.3) is 0 Å². The van der Waals surface area contributed by atoms with Crippen molar-refractivity contribution in [1.82, 2.24) is 5.32 Å². The van der Waals surface area contributed by atoms with Crippen molar-refractivity contribution in [2.45, 2.75) is 27.0 Å². The van der Waals surface area contributed by atoms with Crippen LogP contribution in [-0.4, -0.2) is 13.3 Å². The Bertz CT molecular complexity index is 99.1. The van der Waals surface area contributed by atoms with Crippen LogP contribution < -0.4 is 5.32 Å². The largest absolute Gasteiger partial charge is 0.364 e. The summed E-state index contributed by atoms with van der Waals surface area (Å²) in [6.07, 6.45) is 2.12. The van der Waals surface area contributed by atoms with Crippen molar-refractivity contribution in [3.05, 3.63) is 11.8 Å². The highest BCUT2D eigenvalue weighted by Crippen LogP contribution is 1.89. The van der Waals surface area contributed by atoms with E-state index < -0.39 is 0 Å². The molecule has 0 aliphatic rings. The van der Waals surface area contributed by atoms with E-state index in [0.29, 0.717) is 0 Å². The Kier molecular flexibility index (Phi) is 4.14. The summed E-state index contributed by atoms with van der Waals surface area (Å²) in [7, 11) is 1.68. The molecule has 0 saturated heterocycles. The molecule has 0 fully saturated rings. The smallest absolute Gasteiger partial charge is 0.124 e. The molecule has 2 heteroatoms. The summed E-state index contributed by atoms with van der Waals surface area (Å²) in [6.45, 7) is 5.97. The number of hydrogen-bond acceptors (Lipinski definition) is 2. The summed E-state index contributed by atoms with van der Waals surface area (Å²) in [5.41, 5.74) is 1.14. The molecular formula is C7H15NO. The molecule has 0 heterocycles. The molecule has 2 nitrogen and oxygen atoms in total. The van der Waals surface area contributed by atoms with Crippen LogP contribution in [0.3, 0.4) is 0 Å². The lowest BCUT2D eigenvalue weighted by Gasteiger charge is -2.12. The van der Waals surface area contributed by atoms with Crippen molar-refractivity contribution >= 4 is 0 Å². The summed E-state index contributed by atoms with van der Waals surface area (Å²) in [6, 6.07) is 0. The van der Waals surface area contributed by atoms with Gasteiger partial charge < -0.3 is 10.1 Å². The van der Waals surface area contributed by atoms with Crippen LogP contribution in [0, 0.1) is 0 Å². The molecule has 0 aliphatic carbocycles. The van der Waals surface area contributed by atoms with Gasteiger partial charge in [-0.3, -0.25) is 0 Å². The lowest BCUT2D eigenvalue weighted by atomic mass is 10.4. The van der Waals surface area contributed by atoms with Gasteiger partial charge in [0.2, 0.25) is 0 Å². The van der Waals surface area contributed by atoms with Crippen molar-refractivity contribution in [2.24, 2.45) is 0 Å². The average molecular weight is 129 g/mol. The maximum atomic E-state index is 4.97. The lowest BCUT2D eigenvalue weighted by molar-refractivity contribution is 0.0984. The highest BCUT2D eigenvalue weighted by Gasteiger charge is 1.94. The predicted octanol–water partition coefficient (Wildman–Crippen LogP) is 1.49. The molecule has 54 valence electrons. The molecule has 0 amide bonds. The lowest BCUT2D eigenvalue weighted by Crippen LogP contribution is -2.25. The molecule has 1 atom stereocenters. The molecule has 0 aromatic carbocycles. The molecule has 0 aromatic heterocycles. The molecular weight excluding hydrogens is 114 g/mol. The van der Waals surface area contributed by atoms with E-state index in [1.807, 2.05) is 26.8 Å². The second-order valence-electron chi connectivity index (χ2n) is 1.99. The Morgan fingerprint density at radius 3 is 2.56 bits per heavy atom. The fraction of sp³-hybridized carbons (Fsp3) is 0.714. The second kappa shape index (κ2) is 4.39. The van der Waals surface area contributed by atoms with Crippen LogP contribution in [0.25, 0.3) is 0 Å². The Morgan fingerprint density at radius 1 is 1.67 bits per heavy atom. The SMILES string of the molecule is C/C=C(\C)NC(C)OC. The van der Waals surface area contributed by atoms with E-state index in [9.17, 15) is 0 Å². The third-order valence-corrected chi connectivity index (χ3v) is 1.22. The zero-order chi connectivity index (χ0) is 7.28. The number of hydrogen-bond donors (Lipinski definition) is 1. The Balaban J connectivity index is 3.47. The number of rotatable bonds is 3. The van der Waals surface area contributed by atoms with Gasteiger partial charge in [-0.2, -0.15) is 0 Å². The first-order valence-corrected chi connectivity index (χ1v) is 3.13. The normalized spacial score (nSPS) is 15.3. The van der Waals surface area contributed by atoms with Crippen LogP contribution >= 0.6 is 0 Å². The highest BCUT2D eigenvalue weighted by atomic mass is 16.5. The van der Waals surface area contributed by atoms with Crippen LogP contribution in [0.5, 0.6) is 0 Å². The van der Waals surface area contributed by atoms with Crippen LogP contribution in [0.2, 0.25) is 0 Å². The molecule has 0 aliphatic heterocycles. The average Bonchev–Trinajstić information content (AvgIpc) is 1.87. The molecule has 1 N–H and O–H groups in total. The van der Waals surface area contributed by atoms with Gasteiger partial charge in [0, 0.05) is 12.8 Å². The minimum Gasteiger partial charge on any atom is -0.364 e. The van der Waals surface area contributed by atoms with Gasteiger partial charge in [0.05, 0.1) is 0 Å². The van der Waals surface area contributed by atoms with E-state index in [1.54, 1.807) is 7.11 Å². The fourth-order valence-corrected chi connectivity index (χ4v) is 0.463. The first-order valence-electron chi connectivity index (χ1n) is 3.13. The van der Waals surface area contributed by atoms with Gasteiger partial charge in [0.15, 0.2) is 0 Å². The number of allylic oxidation sites excluding steroid dienone is 2. The summed E-state index contributed by atoms with van der Waals surface area (Å²) in [4.78, 5) is 0. The van der Waals surface area contributed by atoms with Gasteiger partial charge in [-0.25, -0.2) is 0 Å². The predicted molar refractivity (Wildman–Crippen MR) is 39.0 cm³/mol. The van der Waals surface area contributed by atoms with Crippen LogP contribution in [0.1, 0.15) is 20.8 Å². The summed E-state index contributed by atoms with van der Waals surface area (Å²) in [5, 5.41) is 3.12. The van der Waals surface area contributed by atoms with Crippen molar-refractivity contribution in [1.29, 1.82) is 0 Å². The Labute approximate surface area is 56.9 Å². The first kappa shape index (κ1) is 8.50. The molecule has 1 unspecified atom stereocenters. The summed E-state index contributed by atoms with van der Waals surface area (Å²) in [5.74, 6) is 0. The third kappa shape index (κ3) is 4.03. The molecule has 0 spiro atoms. The minimum atomic E-state index is 0.112. The number of methoxy groups -OCH3 is 1. The van der Waals surface area contributed by atoms with E-state index in [0.717, 1.165) is 5.70 Å². The monoisotopic (exact) mass is 129 g/mol. The van der Waals surface area contributed by atoms with E-state index in [1.165, 1.54) is 0 Å². The zero-order valence-electron chi connectivity index (χ0n) is 6.56. The first-order chi connectivity index (χ1) is 4.20. The van der Waals surface area contributed by atoms with E-state index in [-0.39, 0.29) is 6.23 Å². The molecule has 9 heavy (non-hydrogen) atoms. The summed E-state index contributed by atoms with van der Waals surface area (Å²) >= 11 is 0. The van der Waals surface area contributed by atoms with Gasteiger partial charge >= 0.3 is 0 Å². The van der Waals surface area contributed by atoms with Crippen molar-refractivity contribution in [2.75, 3.05) is 7.11 Å². The minimum absolute atomic E-state index is 0.112. The van der Waals surface area contributed by atoms with Gasteiger partial charge in [0.1, 0.15) is 6.23 Å². The van der Waals surface area contributed by atoms with Crippen molar-refractivity contribution in [3.8, 4) is 0 Å². The van der Waals surface area contributed by atoms with Crippen LogP contribution in [0.15, 0.2) is 11.8 Å². The molecule has 0 bridgehead atoms. The molecule has 0 radical (unpaired) electrons. The van der Waals surface area contributed by atoms with Crippen LogP contribution in [-0.2, 0) is 4.74 Å². The van der Waals surface area contributed by atoms with E-state index in [2.05, 4.69) is 5.32 Å². The maximum absolute atomic E-state index is 4.97. The highest BCUT2D eigenvalue weighted by molar-refractivity contribution is 4.92. The maximum Gasteiger partial charge on any atom is 0.124 e. The Hall–Kier alpha value is -0.500. The van der Waals surface area contributed by atoms with Gasteiger partial charge in [-0.05, 0) is 20.8 Å². The Morgan fingerprint density at radius 2 is 2.22 bits per heavy atom. The number of ether oxygens (including phenoxy) is 1. The standard InChI is InChI=1S/C7H15NO/c1-5-6(2)8-7(3)9-4/h5,7-8H,1-4H3/b6-5+. The van der Waals surface area contributed by atoms with Crippen molar-refractivity contribution in [3.63, 3.8) is 0 Å². The van der Waals surface area contributed by atoms with Gasteiger partial charge in [-0.1, -0.05) is 6.08 Å². The quantitative estimate of drug-likeness (QED) is 0.583. The van der Waals surface area contributed by atoms with Gasteiger partial charge in [-0.15, -0.1) is 0 Å². The van der Waals surface area contributed by atoms with E-state index >= 15 is 0 Å². The van der Waals surface area contributed by atoms with Crippen LogP contribution in [0.4, 0.5) is 0 Å². The second-order valence-corrected chi connectivity index (χ2v) is 1.99. The molecule has 0 aromatic rings. The molecule has 0 rings (SSSR count). The van der Waals surface area contributed by atoms with Crippen molar-refractivity contribution < 1.29 is 4.74 Å².